The molecule has 2 heterocycles. The molecule has 0 fully saturated rings. The van der Waals surface area contributed by atoms with Gasteiger partial charge in [0.2, 0.25) is 0 Å². The summed E-state index contributed by atoms with van der Waals surface area (Å²) >= 11 is 9.79. The average molecular weight is 420 g/mol. The molecule has 0 spiro atoms. The Morgan fingerprint density at radius 1 is 1.16 bits per heavy atom. The van der Waals surface area contributed by atoms with Crippen LogP contribution in [-0.2, 0) is 13.7 Å². The fourth-order valence-corrected chi connectivity index (χ4v) is 4.38. The minimum Gasteiger partial charge on any atom is -0.390 e. The van der Waals surface area contributed by atoms with Gasteiger partial charge in [0.05, 0.1) is 28.9 Å². The molecule has 3 aromatic rings. The van der Waals surface area contributed by atoms with Crippen molar-refractivity contribution in [3.8, 4) is 11.1 Å². The van der Waals surface area contributed by atoms with Crippen molar-refractivity contribution in [3.63, 3.8) is 0 Å². The fourth-order valence-electron chi connectivity index (χ4n) is 3.35. The van der Waals surface area contributed by atoms with Gasteiger partial charge in [-0.3, -0.25) is 14.9 Å². The molecule has 1 aliphatic rings. The van der Waals surface area contributed by atoms with Gasteiger partial charge in [0.15, 0.2) is 0 Å². The van der Waals surface area contributed by atoms with Crippen LogP contribution in [0, 0.1) is 0 Å². The van der Waals surface area contributed by atoms with Crippen LogP contribution in [0.2, 0.25) is 5.02 Å². The first kappa shape index (κ1) is 16.3. The van der Waals surface area contributed by atoms with Gasteiger partial charge in [0.25, 0.3) is 11.8 Å². The van der Waals surface area contributed by atoms with Crippen LogP contribution in [0.15, 0.2) is 34.8 Å². The Hall–Kier alpha value is -2.15. The molecule has 0 atom stereocenters. The Morgan fingerprint density at radius 2 is 1.84 bits per heavy atom. The van der Waals surface area contributed by atoms with Gasteiger partial charge in [-0.2, -0.15) is 0 Å². The maximum absolute atomic E-state index is 12.5. The van der Waals surface area contributed by atoms with E-state index in [2.05, 4.69) is 21.2 Å². The van der Waals surface area contributed by atoms with E-state index < -0.39 is 11.8 Å². The molecular formula is C18H12BrClN2O3. The summed E-state index contributed by atoms with van der Waals surface area (Å²) in [7, 11) is 1.80. The maximum Gasteiger partial charge on any atom is 0.259 e. The number of nitrogens with zero attached hydrogens (tertiary/aromatic N) is 1. The SMILES string of the molecule is Cn1c(CO)c(Br)c2c3c(c(-c4ccccc4Cl)cc21)C(=O)NC3=O. The van der Waals surface area contributed by atoms with Crippen LogP contribution in [0.1, 0.15) is 26.4 Å². The van der Waals surface area contributed by atoms with E-state index >= 15 is 0 Å². The van der Waals surface area contributed by atoms with Crippen LogP contribution >= 0.6 is 27.5 Å². The molecule has 2 N–H and O–H groups in total. The van der Waals surface area contributed by atoms with Crippen molar-refractivity contribution < 1.29 is 14.7 Å². The van der Waals surface area contributed by atoms with E-state index in [1.807, 2.05) is 18.2 Å². The lowest BCUT2D eigenvalue weighted by atomic mass is 9.94. The molecule has 7 heteroatoms. The molecule has 126 valence electrons. The molecule has 0 unspecified atom stereocenters. The molecule has 0 saturated heterocycles. The predicted molar refractivity (Wildman–Crippen MR) is 98.8 cm³/mol. The van der Waals surface area contributed by atoms with Crippen LogP contribution in [0.4, 0.5) is 0 Å². The van der Waals surface area contributed by atoms with Gasteiger partial charge >= 0.3 is 0 Å². The van der Waals surface area contributed by atoms with Gasteiger partial charge in [-0.25, -0.2) is 0 Å². The van der Waals surface area contributed by atoms with Crippen molar-refractivity contribution in [1.29, 1.82) is 0 Å². The van der Waals surface area contributed by atoms with Crippen LogP contribution in [0.25, 0.3) is 22.0 Å². The molecule has 2 aromatic carbocycles. The summed E-state index contributed by atoms with van der Waals surface area (Å²) in [6.45, 7) is -0.197. The monoisotopic (exact) mass is 418 g/mol. The lowest BCUT2D eigenvalue weighted by Crippen LogP contribution is -2.20. The number of rotatable bonds is 2. The van der Waals surface area contributed by atoms with Gasteiger partial charge < -0.3 is 9.67 Å². The minimum absolute atomic E-state index is 0.197. The summed E-state index contributed by atoms with van der Waals surface area (Å²) in [5, 5.41) is 13.1. The lowest BCUT2D eigenvalue weighted by Gasteiger charge is -2.10. The fraction of sp³-hybridized carbons (Fsp3) is 0.111. The maximum atomic E-state index is 12.5. The number of imide groups is 1. The van der Waals surface area contributed by atoms with Crippen molar-refractivity contribution in [2.45, 2.75) is 6.61 Å². The summed E-state index contributed by atoms with van der Waals surface area (Å²) in [5.74, 6) is -0.896. The first-order chi connectivity index (χ1) is 12.0. The van der Waals surface area contributed by atoms with Gasteiger partial charge in [-0.1, -0.05) is 29.8 Å². The van der Waals surface area contributed by atoms with Gasteiger partial charge in [0.1, 0.15) is 0 Å². The van der Waals surface area contributed by atoms with Crippen molar-refractivity contribution in [2.75, 3.05) is 0 Å². The standard InChI is InChI=1S/C18H12BrClN2O3/c1-22-11-6-9(8-4-2-3-5-10(8)20)13-15(18(25)21-17(13)24)14(11)16(19)12(22)7-23/h2-6,23H,7H2,1H3,(H,21,24,25). The number of aryl methyl sites for hydroxylation is 1. The molecular weight excluding hydrogens is 408 g/mol. The molecule has 0 bridgehead atoms. The van der Waals surface area contributed by atoms with Crippen molar-refractivity contribution in [3.05, 3.63) is 56.6 Å². The van der Waals surface area contributed by atoms with E-state index in [-0.39, 0.29) is 6.61 Å². The largest absolute Gasteiger partial charge is 0.390 e. The van der Waals surface area contributed by atoms with E-state index in [4.69, 9.17) is 11.6 Å². The first-order valence-corrected chi connectivity index (χ1v) is 8.68. The highest BCUT2D eigenvalue weighted by Crippen LogP contribution is 2.42. The zero-order valence-electron chi connectivity index (χ0n) is 13.1. The third-order valence-electron chi connectivity index (χ3n) is 4.54. The molecule has 0 aliphatic carbocycles. The van der Waals surface area contributed by atoms with E-state index in [0.717, 1.165) is 5.52 Å². The Morgan fingerprint density at radius 3 is 2.52 bits per heavy atom. The number of fused-ring (bicyclic) bond motifs is 3. The summed E-state index contributed by atoms with van der Waals surface area (Å²) in [6.07, 6.45) is 0. The zero-order valence-corrected chi connectivity index (χ0v) is 15.4. The molecule has 4 rings (SSSR count). The molecule has 1 aliphatic heterocycles. The Balaban J connectivity index is 2.22. The van der Waals surface area contributed by atoms with Crippen LogP contribution in [-0.4, -0.2) is 21.5 Å². The normalized spacial score (nSPS) is 13.4. The summed E-state index contributed by atoms with van der Waals surface area (Å²) in [5.41, 5.74) is 3.24. The number of halogens is 2. The Kier molecular flexibility index (Phi) is 3.72. The highest BCUT2D eigenvalue weighted by molar-refractivity contribution is 9.10. The number of aromatic nitrogens is 1. The minimum atomic E-state index is -0.449. The third-order valence-corrected chi connectivity index (χ3v) is 5.72. The highest BCUT2D eigenvalue weighted by Gasteiger charge is 2.35. The molecule has 1 aromatic heterocycles. The van der Waals surface area contributed by atoms with Gasteiger partial charge in [-0.05, 0) is 33.6 Å². The quantitative estimate of drug-likeness (QED) is 0.623. The number of hydrogen-bond donors (Lipinski definition) is 2. The summed E-state index contributed by atoms with van der Waals surface area (Å²) in [4.78, 5) is 24.9. The number of nitrogens with one attached hydrogen (secondary N) is 1. The lowest BCUT2D eigenvalue weighted by molar-refractivity contribution is 0.0880. The summed E-state index contributed by atoms with van der Waals surface area (Å²) in [6, 6.07) is 9.01. The number of aliphatic hydroxyl groups excluding tert-OH is 1. The van der Waals surface area contributed by atoms with E-state index in [0.29, 0.717) is 42.8 Å². The Bertz CT molecular complexity index is 1090. The van der Waals surface area contributed by atoms with Crippen LogP contribution in [0.3, 0.4) is 0 Å². The van der Waals surface area contributed by atoms with Gasteiger partial charge in [-0.15, -0.1) is 0 Å². The Labute approximate surface area is 156 Å². The second-order valence-corrected chi connectivity index (χ2v) is 7.01. The number of hydrogen-bond acceptors (Lipinski definition) is 3. The average Bonchev–Trinajstić information content (AvgIpc) is 3.01. The van der Waals surface area contributed by atoms with Crippen LogP contribution < -0.4 is 5.32 Å². The molecule has 2 amide bonds. The second-order valence-electron chi connectivity index (χ2n) is 5.81. The van der Waals surface area contributed by atoms with Gasteiger partial charge in [0, 0.05) is 27.5 Å². The van der Waals surface area contributed by atoms with E-state index in [1.54, 1.807) is 23.7 Å². The first-order valence-electron chi connectivity index (χ1n) is 7.51. The molecule has 5 nitrogen and oxygen atoms in total. The molecule has 0 radical (unpaired) electrons. The van der Waals surface area contributed by atoms with Crippen molar-refractivity contribution >= 4 is 50.2 Å². The number of aliphatic hydroxyl groups is 1. The highest BCUT2D eigenvalue weighted by atomic mass is 79.9. The third kappa shape index (κ3) is 2.18. The molecule has 25 heavy (non-hydrogen) atoms. The van der Waals surface area contributed by atoms with E-state index in [9.17, 15) is 14.7 Å². The topological polar surface area (TPSA) is 71.3 Å². The number of amides is 2. The van der Waals surface area contributed by atoms with Crippen molar-refractivity contribution in [2.24, 2.45) is 7.05 Å². The number of benzene rings is 2. The molecule has 0 saturated carbocycles. The zero-order chi connectivity index (χ0) is 17.9. The number of carbonyl (C=O) groups is 2. The van der Waals surface area contributed by atoms with Crippen molar-refractivity contribution in [1.82, 2.24) is 9.88 Å². The summed E-state index contributed by atoms with van der Waals surface area (Å²) < 4.78 is 2.41. The smallest absolute Gasteiger partial charge is 0.259 e. The van der Waals surface area contributed by atoms with E-state index in [1.165, 1.54) is 0 Å². The van der Waals surface area contributed by atoms with Crippen LogP contribution in [0.5, 0.6) is 0 Å². The predicted octanol–water partition coefficient (Wildman–Crippen LogP) is 3.64. The second kappa shape index (κ2) is 5.69. The number of carbonyl (C=O) groups excluding carboxylic acids is 2.